The first kappa shape index (κ1) is 8.76. The molecule has 0 aromatic carbocycles. The van der Waals surface area contributed by atoms with Crippen LogP contribution in [-0.4, -0.2) is 22.2 Å². The van der Waals surface area contributed by atoms with Gasteiger partial charge in [-0.3, -0.25) is 4.79 Å². The maximum atomic E-state index is 10.3. The molecule has 2 atom stereocenters. The lowest BCUT2D eigenvalue weighted by Crippen LogP contribution is -2.36. The van der Waals surface area contributed by atoms with Crippen LogP contribution >= 0.6 is 0 Å². The number of furan rings is 1. The van der Waals surface area contributed by atoms with Crippen molar-refractivity contribution in [3.8, 4) is 0 Å². The highest BCUT2D eigenvalue weighted by Crippen LogP contribution is 2.15. The average molecular weight is 171 g/mol. The van der Waals surface area contributed by atoms with E-state index in [1.165, 1.54) is 12.3 Å². The number of aliphatic hydroxyl groups excluding tert-OH is 1. The van der Waals surface area contributed by atoms with Crippen molar-refractivity contribution in [1.82, 2.24) is 0 Å². The number of carbonyl (C=O) groups is 1. The van der Waals surface area contributed by atoms with E-state index in [-0.39, 0.29) is 5.76 Å². The Hall–Kier alpha value is -1.33. The molecule has 0 aliphatic carbocycles. The largest absolute Gasteiger partial charge is 0.480 e. The van der Waals surface area contributed by atoms with E-state index in [1.807, 2.05) is 0 Å². The lowest BCUT2D eigenvalue weighted by atomic mass is 10.1. The maximum Gasteiger partial charge on any atom is 0.323 e. The molecule has 0 unspecified atom stereocenters. The Morgan fingerprint density at radius 3 is 2.75 bits per heavy atom. The van der Waals surface area contributed by atoms with Gasteiger partial charge in [-0.1, -0.05) is 0 Å². The zero-order chi connectivity index (χ0) is 9.14. The van der Waals surface area contributed by atoms with Crippen LogP contribution in [0.3, 0.4) is 0 Å². The molecule has 0 bridgehead atoms. The predicted molar refractivity (Wildman–Crippen MR) is 39.3 cm³/mol. The van der Waals surface area contributed by atoms with Crippen molar-refractivity contribution in [1.29, 1.82) is 0 Å². The van der Waals surface area contributed by atoms with E-state index >= 15 is 0 Å². The van der Waals surface area contributed by atoms with Gasteiger partial charge in [0.2, 0.25) is 0 Å². The molecular weight excluding hydrogens is 162 g/mol. The summed E-state index contributed by atoms with van der Waals surface area (Å²) in [5.74, 6) is -1.11. The molecule has 1 rings (SSSR count). The summed E-state index contributed by atoms with van der Waals surface area (Å²) in [7, 11) is 0. The normalized spacial score (nSPS) is 15.5. The second-order valence-corrected chi connectivity index (χ2v) is 2.32. The third-order valence-corrected chi connectivity index (χ3v) is 1.46. The van der Waals surface area contributed by atoms with Crippen molar-refractivity contribution < 1.29 is 19.4 Å². The minimum atomic E-state index is -1.35. The molecule has 0 amide bonds. The van der Waals surface area contributed by atoms with Gasteiger partial charge in [0.15, 0.2) is 0 Å². The molecule has 0 saturated heterocycles. The van der Waals surface area contributed by atoms with Crippen molar-refractivity contribution in [2.45, 2.75) is 12.1 Å². The number of aliphatic hydroxyl groups is 1. The second-order valence-electron chi connectivity index (χ2n) is 2.32. The molecule has 66 valence electrons. The number of carboxylic acids is 1. The summed E-state index contributed by atoms with van der Waals surface area (Å²) in [5, 5.41) is 17.7. The number of carboxylic acid groups (broad SMARTS) is 1. The fourth-order valence-electron chi connectivity index (χ4n) is 0.772. The summed E-state index contributed by atoms with van der Waals surface area (Å²) >= 11 is 0. The summed E-state index contributed by atoms with van der Waals surface area (Å²) in [6.07, 6.45) is 0.0464. The summed E-state index contributed by atoms with van der Waals surface area (Å²) in [4.78, 5) is 10.3. The molecular formula is C7H9NO4. The topological polar surface area (TPSA) is 96.7 Å². The van der Waals surface area contributed by atoms with Crippen molar-refractivity contribution in [2.75, 3.05) is 0 Å². The van der Waals surface area contributed by atoms with Gasteiger partial charge < -0.3 is 20.4 Å². The smallest absolute Gasteiger partial charge is 0.323 e. The Kier molecular flexibility index (Phi) is 2.47. The first-order chi connectivity index (χ1) is 5.63. The van der Waals surface area contributed by atoms with E-state index < -0.39 is 18.1 Å². The molecule has 1 aromatic rings. The number of hydrogen-bond acceptors (Lipinski definition) is 4. The van der Waals surface area contributed by atoms with Gasteiger partial charge in [0.25, 0.3) is 0 Å². The van der Waals surface area contributed by atoms with Crippen molar-refractivity contribution >= 4 is 5.97 Å². The zero-order valence-corrected chi connectivity index (χ0v) is 6.18. The van der Waals surface area contributed by atoms with Crippen LogP contribution in [0.4, 0.5) is 0 Å². The van der Waals surface area contributed by atoms with Crippen LogP contribution in [0.1, 0.15) is 11.9 Å². The molecule has 12 heavy (non-hydrogen) atoms. The molecule has 0 aliphatic rings. The Morgan fingerprint density at radius 1 is 1.67 bits per heavy atom. The highest BCUT2D eigenvalue weighted by molar-refractivity contribution is 5.74. The third kappa shape index (κ3) is 1.63. The monoisotopic (exact) mass is 171 g/mol. The number of aliphatic carboxylic acids is 1. The quantitative estimate of drug-likeness (QED) is 0.581. The van der Waals surface area contributed by atoms with Gasteiger partial charge in [0.1, 0.15) is 17.9 Å². The first-order valence-corrected chi connectivity index (χ1v) is 3.33. The summed E-state index contributed by atoms with van der Waals surface area (Å²) in [6.45, 7) is 0. The minimum Gasteiger partial charge on any atom is -0.480 e. The Morgan fingerprint density at radius 2 is 2.33 bits per heavy atom. The summed E-state index contributed by atoms with van der Waals surface area (Å²) in [5.41, 5.74) is 5.14. The van der Waals surface area contributed by atoms with E-state index in [0.717, 1.165) is 0 Å². The standard InChI is InChI=1S/C7H9NO4/c8-5(7(10)11)6(9)4-2-1-3-12-4/h1-3,5-6,9H,8H2,(H,10,11)/t5-,6+/m0/s1. The van der Waals surface area contributed by atoms with E-state index in [1.54, 1.807) is 6.07 Å². The lowest BCUT2D eigenvalue weighted by Gasteiger charge is -2.11. The van der Waals surface area contributed by atoms with Crippen LogP contribution < -0.4 is 5.73 Å². The predicted octanol–water partition coefficient (Wildman–Crippen LogP) is -0.275. The number of nitrogens with two attached hydrogens (primary N) is 1. The van der Waals surface area contributed by atoms with Crippen LogP contribution in [0.25, 0.3) is 0 Å². The fraction of sp³-hybridized carbons (Fsp3) is 0.286. The molecule has 0 saturated carbocycles. The molecule has 5 nitrogen and oxygen atoms in total. The molecule has 5 heteroatoms. The van der Waals surface area contributed by atoms with E-state index in [9.17, 15) is 9.90 Å². The van der Waals surface area contributed by atoms with Crippen LogP contribution in [0.5, 0.6) is 0 Å². The van der Waals surface area contributed by atoms with Crippen LogP contribution in [0, 0.1) is 0 Å². The molecule has 1 heterocycles. The average Bonchev–Trinajstić information content (AvgIpc) is 2.53. The Balaban J connectivity index is 2.71. The molecule has 0 fully saturated rings. The van der Waals surface area contributed by atoms with Crippen molar-refractivity contribution in [3.05, 3.63) is 24.2 Å². The van der Waals surface area contributed by atoms with Crippen molar-refractivity contribution in [2.24, 2.45) is 5.73 Å². The van der Waals surface area contributed by atoms with Gasteiger partial charge >= 0.3 is 5.97 Å². The van der Waals surface area contributed by atoms with Gasteiger partial charge in [0, 0.05) is 0 Å². The lowest BCUT2D eigenvalue weighted by molar-refractivity contribution is -0.141. The first-order valence-electron chi connectivity index (χ1n) is 3.33. The Bertz CT molecular complexity index is 256. The van der Waals surface area contributed by atoms with Gasteiger partial charge in [-0.2, -0.15) is 0 Å². The highest BCUT2D eigenvalue weighted by Gasteiger charge is 2.25. The van der Waals surface area contributed by atoms with Crippen molar-refractivity contribution in [3.63, 3.8) is 0 Å². The molecule has 0 radical (unpaired) electrons. The second kappa shape index (κ2) is 3.38. The van der Waals surface area contributed by atoms with E-state index in [4.69, 9.17) is 15.3 Å². The summed E-state index contributed by atoms with van der Waals surface area (Å²) in [6, 6.07) is 1.66. The van der Waals surface area contributed by atoms with E-state index in [0.29, 0.717) is 0 Å². The minimum absolute atomic E-state index is 0.157. The fourth-order valence-corrected chi connectivity index (χ4v) is 0.772. The molecule has 0 spiro atoms. The zero-order valence-electron chi connectivity index (χ0n) is 6.18. The van der Waals surface area contributed by atoms with Gasteiger partial charge in [-0.05, 0) is 12.1 Å². The molecule has 0 aliphatic heterocycles. The molecule has 4 N–H and O–H groups in total. The van der Waals surface area contributed by atoms with Gasteiger partial charge in [-0.15, -0.1) is 0 Å². The number of hydrogen-bond donors (Lipinski definition) is 3. The van der Waals surface area contributed by atoms with Crippen LogP contribution in [-0.2, 0) is 4.79 Å². The number of rotatable bonds is 3. The third-order valence-electron chi connectivity index (χ3n) is 1.46. The molecule has 1 aromatic heterocycles. The van der Waals surface area contributed by atoms with Gasteiger partial charge in [-0.25, -0.2) is 0 Å². The van der Waals surface area contributed by atoms with Crippen LogP contribution in [0.2, 0.25) is 0 Å². The van der Waals surface area contributed by atoms with E-state index in [2.05, 4.69) is 0 Å². The SMILES string of the molecule is N[C@H](C(=O)O)[C@H](O)c1ccco1. The maximum absolute atomic E-state index is 10.3. The highest BCUT2D eigenvalue weighted by atomic mass is 16.4. The Labute approximate surface area is 68.4 Å². The summed E-state index contributed by atoms with van der Waals surface area (Å²) < 4.78 is 4.77. The van der Waals surface area contributed by atoms with Crippen LogP contribution in [0.15, 0.2) is 22.8 Å². The van der Waals surface area contributed by atoms with Gasteiger partial charge in [0.05, 0.1) is 6.26 Å².